The van der Waals surface area contributed by atoms with Crippen molar-refractivity contribution in [3.05, 3.63) is 0 Å². The molecule has 17 heavy (non-hydrogen) atoms. The Morgan fingerprint density at radius 3 is 2.41 bits per heavy atom. The van der Waals surface area contributed by atoms with Gasteiger partial charge in [-0.05, 0) is 44.1 Å². The fraction of sp³-hybridized carbons (Fsp3) is 0.933. The fourth-order valence-electron chi connectivity index (χ4n) is 3.09. The molecule has 0 radical (unpaired) electrons. The molecule has 2 saturated carbocycles. The van der Waals surface area contributed by atoms with Gasteiger partial charge in [0.05, 0.1) is 0 Å². The topological polar surface area (TPSA) is 20.3 Å². The van der Waals surface area contributed by atoms with E-state index >= 15 is 0 Å². The Morgan fingerprint density at radius 2 is 1.88 bits per heavy atom. The molecule has 2 atom stereocenters. The van der Waals surface area contributed by atoms with Crippen molar-refractivity contribution >= 4 is 5.78 Å². The maximum Gasteiger partial charge on any atom is 0.137 e. The Kier molecular flexibility index (Phi) is 3.63. The summed E-state index contributed by atoms with van der Waals surface area (Å²) in [6.45, 7) is 7.94. The summed E-state index contributed by atoms with van der Waals surface area (Å²) in [5.74, 6) is 1.54. The molecule has 2 fully saturated rings. The van der Waals surface area contributed by atoms with Gasteiger partial charge in [-0.1, -0.05) is 20.8 Å². The van der Waals surface area contributed by atoms with Crippen LogP contribution in [-0.2, 0) is 4.79 Å². The third-order valence-corrected chi connectivity index (χ3v) is 4.67. The first kappa shape index (κ1) is 13.1. The molecule has 2 aliphatic carbocycles. The molecular weight excluding hydrogens is 210 g/mol. The number of nitrogens with zero attached hydrogens (tertiary/aromatic N) is 1. The van der Waals surface area contributed by atoms with Crippen LogP contribution in [0.3, 0.4) is 0 Å². The standard InChI is InChI=1S/C15H27NO/c1-15(2,3)12-5-8-14(17)11(9-12)10-16(4)13-6-7-13/h11-13H,5-10H2,1-4H3. The third kappa shape index (κ3) is 3.31. The highest BCUT2D eigenvalue weighted by Crippen LogP contribution is 2.39. The maximum absolute atomic E-state index is 12.0. The summed E-state index contributed by atoms with van der Waals surface area (Å²) in [4.78, 5) is 14.4. The summed E-state index contributed by atoms with van der Waals surface area (Å²) >= 11 is 0. The summed E-state index contributed by atoms with van der Waals surface area (Å²) in [6, 6.07) is 0.776. The maximum atomic E-state index is 12.0. The Balaban J connectivity index is 1.92. The average Bonchev–Trinajstić information content (AvgIpc) is 3.02. The molecule has 2 unspecified atom stereocenters. The zero-order valence-electron chi connectivity index (χ0n) is 11.8. The smallest absolute Gasteiger partial charge is 0.137 e. The fourth-order valence-corrected chi connectivity index (χ4v) is 3.09. The number of rotatable bonds is 3. The highest BCUT2D eigenvalue weighted by Gasteiger charge is 2.37. The highest BCUT2D eigenvalue weighted by atomic mass is 16.1. The van der Waals surface area contributed by atoms with E-state index in [1.807, 2.05) is 0 Å². The van der Waals surface area contributed by atoms with Crippen LogP contribution in [0.1, 0.15) is 52.9 Å². The lowest BCUT2D eigenvalue weighted by atomic mass is 9.68. The lowest BCUT2D eigenvalue weighted by Gasteiger charge is -2.38. The van der Waals surface area contributed by atoms with Gasteiger partial charge in [-0.25, -0.2) is 0 Å². The van der Waals surface area contributed by atoms with Crippen LogP contribution in [0.4, 0.5) is 0 Å². The van der Waals surface area contributed by atoms with E-state index in [9.17, 15) is 4.79 Å². The van der Waals surface area contributed by atoms with E-state index in [2.05, 4.69) is 32.7 Å². The SMILES string of the molecule is CN(CC1CC(C(C)(C)C)CCC1=O)C1CC1. The number of carbonyl (C=O) groups is 1. The molecule has 0 aromatic rings. The zero-order valence-corrected chi connectivity index (χ0v) is 11.8. The van der Waals surface area contributed by atoms with Crippen LogP contribution < -0.4 is 0 Å². The Hall–Kier alpha value is -0.370. The number of ketones is 1. The van der Waals surface area contributed by atoms with Gasteiger partial charge < -0.3 is 4.90 Å². The molecular formula is C15H27NO. The minimum atomic E-state index is 0.304. The molecule has 98 valence electrons. The van der Waals surface area contributed by atoms with E-state index in [0.717, 1.165) is 37.8 Å². The van der Waals surface area contributed by atoms with Crippen LogP contribution in [0.15, 0.2) is 0 Å². The number of hydrogen-bond donors (Lipinski definition) is 0. The van der Waals surface area contributed by atoms with Gasteiger partial charge in [0.25, 0.3) is 0 Å². The molecule has 0 aromatic heterocycles. The van der Waals surface area contributed by atoms with Crippen LogP contribution in [0.25, 0.3) is 0 Å². The molecule has 0 aromatic carbocycles. The number of carbonyl (C=O) groups excluding carboxylic acids is 1. The summed E-state index contributed by atoms with van der Waals surface area (Å²) < 4.78 is 0. The molecule has 0 heterocycles. The minimum absolute atomic E-state index is 0.304. The predicted octanol–water partition coefficient (Wildman–Crippen LogP) is 3.11. The molecule has 2 heteroatoms. The minimum Gasteiger partial charge on any atom is -0.303 e. The van der Waals surface area contributed by atoms with Gasteiger partial charge in [0.2, 0.25) is 0 Å². The molecule has 0 aliphatic heterocycles. The lowest BCUT2D eigenvalue weighted by molar-refractivity contribution is -0.127. The first-order valence-electron chi connectivity index (χ1n) is 7.11. The van der Waals surface area contributed by atoms with Crippen molar-refractivity contribution in [2.45, 2.75) is 58.9 Å². The predicted molar refractivity (Wildman–Crippen MR) is 70.9 cm³/mol. The van der Waals surface area contributed by atoms with E-state index in [1.165, 1.54) is 12.8 Å². The average molecular weight is 237 g/mol. The molecule has 2 nitrogen and oxygen atoms in total. The van der Waals surface area contributed by atoms with Crippen LogP contribution in [0.2, 0.25) is 0 Å². The zero-order chi connectivity index (χ0) is 12.6. The molecule has 0 N–H and O–H groups in total. The van der Waals surface area contributed by atoms with Gasteiger partial charge in [-0.2, -0.15) is 0 Å². The highest BCUT2D eigenvalue weighted by molar-refractivity contribution is 5.82. The van der Waals surface area contributed by atoms with E-state index in [0.29, 0.717) is 17.1 Å². The summed E-state index contributed by atoms with van der Waals surface area (Å²) in [5.41, 5.74) is 0.358. The molecule has 0 amide bonds. The van der Waals surface area contributed by atoms with Crippen LogP contribution in [0.5, 0.6) is 0 Å². The second-order valence-corrected chi connectivity index (χ2v) is 7.17. The summed E-state index contributed by atoms with van der Waals surface area (Å²) in [7, 11) is 2.19. The largest absolute Gasteiger partial charge is 0.303 e. The van der Waals surface area contributed by atoms with Gasteiger partial charge in [0.1, 0.15) is 5.78 Å². The first-order valence-corrected chi connectivity index (χ1v) is 7.11. The van der Waals surface area contributed by atoms with Crippen molar-refractivity contribution < 1.29 is 4.79 Å². The molecule has 2 aliphatic rings. The van der Waals surface area contributed by atoms with Gasteiger partial charge in [-0.3, -0.25) is 4.79 Å². The van der Waals surface area contributed by atoms with Gasteiger partial charge in [0.15, 0.2) is 0 Å². The van der Waals surface area contributed by atoms with Crippen molar-refractivity contribution in [1.29, 1.82) is 0 Å². The molecule has 2 rings (SSSR count). The van der Waals surface area contributed by atoms with Crippen molar-refractivity contribution in [3.8, 4) is 0 Å². The van der Waals surface area contributed by atoms with Crippen molar-refractivity contribution in [1.82, 2.24) is 4.90 Å². The van der Waals surface area contributed by atoms with Crippen molar-refractivity contribution in [3.63, 3.8) is 0 Å². The summed E-state index contributed by atoms with van der Waals surface area (Å²) in [6.07, 6.45) is 5.69. The second-order valence-electron chi connectivity index (χ2n) is 7.17. The van der Waals surface area contributed by atoms with Crippen LogP contribution in [-0.4, -0.2) is 30.3 Å². The monoisotopic (exact) mass is 237 g/mol. The van der Waals surface area contributed by atoms with E-state index in [-0.39, 0.29) is 0 Å². The van der Waals surface area contributed by atoms with E-state index in [1.54, 1.807) is 0 Å². The van der Waals surface area contributed by atoms with Crippen LogP contribution in [0, 0.1) is 17.3 Å². The van der Waals surface area contributed by atoms with E-state index in [4.69, 9.17) is 0 Å². The molecule has 0 spiro atoms. The van der Waals surface area contributed by atoms with Gasteiger partial charge >= 0.3 is 0 Å². The first-order chi connectivity index (χ1) is 7.88. The van der Waals surface area contributed by atoms with Crippen molar-refractivity contribution in [2.75, 3.05) is 13.6 Å². The Morgan fingerprint density at radius 1 is 1.24 bits per heavy atom. The number of hydrogen-bond acceptors (Lipinski definition) is 2. The van der Waals surface area contributed by atoms with E-state index < -0.39 is 0 Å². The van der Waals surface area contributed by atoms with Gasteiger partial charge in [0, 0.05) is 24.9 Å². The van der Waals surface area contributed by atoms with Gasteiger partial charge in [-0.15, -0.1) is 0 Å². The lowest BCUT2D eigenvalue weighted by Crippen LogP contribution is -2.38. The number of Topliss-reactive ketones (excluding diaryl/α,β-unsaturated/α-hetero) is 1. The van der Waals surface area contributed by atoms with Crippen molar-refractivity contribution in [2.24, 2.45) is 17.3 Å². The van der Waals surface area contributed by atoms with Crippen LogP contribution >= 0.6 is 0 Å². The quantitative estimate of drug-likeness (QED) is 0.751. The molecule has 0 bridgehead atoms. The molecule has 0 saturated heterocycles. The summed E-state index contributed by atoms with van der Waals surface area (Å²) in [5, 5.41) is 0. The second kappa shape index (κ2) is 4.72. The Bertz CT molecular complexity index is 288. The Labute approximate surface area is 106 Å². The normalized spacial score (nSPS) is 31.0. The third-order valence-electron chi connectivity index (χ3n) is 4.67.